The number of ether oxygens (including phenoxy) is 1. The first-order chi connectivity index (χ1) is 13.6. The Bertz CT molecular complexity index is 420. The van der Waals surface area contributed by atoms with Crippen LogP contribution >= 0.6 is 0 Å². The van der Waals surface area contributed by atoms with Crippen LogP contribution in [0, 0.1) is 0 Å². The van der Waals surface area contributed by atoms with Crippen molar-refractivity contribution in [3.8, 4) is 0 Å². The van der Waals surface area contributed by atoms with E-state index in [0.717, 1.165) is 64.6 Å². The zero-order valence-electron chi connectivity index (χ0n) is 17.2. The van der Waals surface area contributed by atoms with Gasteiger partial charge in [-0.05, 0) is 52.1 Å². The van der Waals surface area contributed by atoms with E-state index < -0.39 is 6.09 Å². The Balaban J connectivity index is 3.36. The van der Waals surface area contributed by atoms with Crippen LogP contribution in [-0.2, 0) is 9.53 Å². The summed E-state index contributed by atoms with van der Waals surface area (Å²) in [5.74, 6) is 4.68. The number of rotatable bonds is 18. The highest BCUT2D eigenvalue weighted by Gasteiger charge is 2.06. The molecule has 10 nitrogen and oxygen atoms in total. The lowest BCUT2D eigenvalue weighted by Crippen LogP contribution is -2.33. The average Bonchev–Trinajstić information content (AvgIpc) is 2.66. The van der Waals surface area contributed by atoms with E-state index in [1.54, 1.807) is 0 Å². The van der Waals surface area contributed by atoms with Crippen LogP contribution in [0.5, 0.6) is 0 Å². The summed E-state index contributed by atoms with van der Waals surface area (Å²) in [5.41, 5.74) is 5.66. The summed E-state index contributed by atoms with van der Waals surface area (Å²) in [5, 5.41) is 15.0. The summed E-state index contributed by atoms with van der Waals surface area (Å²) in [7, 11) is 0. The van der Waals surface area contributed by atoms with Crippen LogP contribution in [0.25, 0.3) is 0 Å². The molecule has 164 valence electrons. The van der Waals surface area contributed by atoms with Gasteiger partial charge in [-0.3, -0.25) is 4.79 Å². The van der Waals surface area contributed by atoms with Gasteiger partial charge < -0.3 is 37.6 Å². The fourth-order valence-electron chi connectivity index (χ4n) is 2.30. The van der Waals surface area contributed by atoms with E-state index in [2.05, 4.69) is 26.4 Å². The Labute approximate surface area is 168 Å². The smallest absolute Gasteiger partial charge is 0.407 e. The van der Waals surface area contributed by atoms with Gasteiger partial charge in [-0.15, -0.1) is 0 Å². The quantitative estimate of drug-likeness (QED) is 0.0620. The maximum Gasteiger partial charge on any atom is 0.407 e. The van der Waals surface area contributed by atoms with E-state index in [1.807, 2.05) is 6.92 Å². The van der Waals surface area contributed by atoms with Crippen LogP contribution in [0.1, 0.15) is 51.9 Å². The fourth-order valence-corrected chi connectivity index (χ4v) is 2.30. The van der Waals surface area contributed by atoms with Gasteiger partial charge in [-0.1, -0.05) is 12.8 Å². The van der Waals surface area contributed by atoms with Crippen LogP contribution in [0.4, 0.5) is 4.79 Å². The van der Waals surface area contributed by atoms with Crippen molar-refractivity contribution < 1.29 is 14.3 Å². The predicted octanol–water partition coefficient (Wildman–Crippen LogP) is -0.0121. The Morgan fingerprint density at radius 3 is 2.32 bits per heavy atom. The second-order valence-electron chi connectivity index (χ2n) is 6.72. The van der Waals surface area contributed by atoms with Gasteiger partial charge in [-0.25, -0.2) is 4.79 Å². The number of hydrogen-bond acceptors (Lipinski definition) is 7. The first-order valence-corrected chi connectivity index (χ1v) is 10.1. The summed E-state index contributed by atoms with van der Waals surface area (Å²) in [6.45, 7) is 5.47. The number of unbranched alkanes of at least 4 members (excludes halogenated alkanes) is 4. The number of hydrazone groups is 1. The molecule has 8 N–H and O–H groups in total. The Morgan fingerprint density at radius 2 is 1.61 bits per heavy atom. The molecule has 0 radical (unpaired) electrons. The number of alkyl carbamates (subject to hydrolysis) is 1. The van der Waals surface area contributed by atoms with Crippen LogP contribution in [0.2, 0.25) is 0 Å². The second-order valence-corrected chi connectivity index (χ2v) is 6.72. The number of carbonyl (C=O) groups is 2. The average molecular weight is 402 g/mol. The molecule has 0 aromatic heterocycles. The molecule has 28 heavy (non-hydrogen) atoms. The molecule has 0 spiro atoms. The van der Waals surface area contributed by atoms with E-state index in [4.69, 9.17) is 16.3 Å². The third-order valence-corrected chi connectivity index (χ3v) is 3.90. The molecule has 0 fully saturated rings. The lowest BCUT2D eigenvalue weighted by Gasteiger charge is -2.09. The molecule has 0 saturated carbocycles. The maximum atomic E-state index is 11.6. The molecule has 0 bridgehead atoms. The van der Waals surface area contributed by atoms with E-state index >= 15 is 0 Å². The van der Waals surface area contributed by atoms with Crippen molar-refractivity contribution >= 4 is 18.3 Å². The molecule has 0 aliphatic rings. The number of nitrogens with zero attached hydrogens (tertiary/aromatic N) is 1. The summed E-state index contributed by atoms with van der Waals surface area (Å²) >= 11 is 0. The van der Waals surface area contributed by atoms with Gasteiger partial charge in [0.25, 0.3) is 5.91 Å². The van der Waals surface area contributed by atoms with Crippen LogP contribution in [0.3, 0.4) is 0 Å². The Morgan fingerprint density at radius 1 is 0.964 bits per heavy atom. The first kappa shape index (κ1) is 25.9. The van der Waals surface area contributed by atoms with E-state index in [1.165, 1.54) is 6.34 Å². The molecule has 0 aliphatic carbocycles. The molecule has 0 heterocycles. The summed E-state index contributed by atoms with van der Waals surface area (Å²) < 4.78 is 4.89. The minimum absolute atomic E-state index is 0.214. The molecule has 0 saturated heterocycles. The molecule has 10 heteroatoms. The standard InChI is InChI=1S/C18H39N7O3/c1-16(19)8-13-21-9-6-7-12-24-18(27)28-14-17(26)23-11-5-3-2-4-10-22-15-25-20/h15-16,21H,2-14,19-20H2,1H3,(H,22,25)(H,23,26)(H,24,27)/t16-/m0/s1. The van der Waals surface area contributed by atoms with Crippen LogP contribution in [-0.4, -0.2) is 63.7 Å². The van der Waals surface area contributed by atoms with Gasteiger partial charge in [0.1, 0.15) is 6.34 Å². The topological polar surface area (TPSA) is 156 Å². The number of nitrogens with one attached hydrogen (secondary N) is 4. The fraction of sp³-hybridized carbons (Fsp3) is 0.833. The number of carbonyl (C=O) groups excluding carboxylic acids is 2. The third-order valence-electron chi connectivity index (χ3n) is 3.90. The monoisotopic (exact) mass is 401 g/mol. The molecular formula is C18H39N7O3. The van der Waals surface area contributed by atoms with Crippen molar-refractivity contribution in [1.29, 1.82) is 0 Å². The summed E-state index contributed by atoms with van der Waals surface area (Å²) in [6, 6.07) is 0.214. The Kier molecular flexibility index (Phi) is 18.2. The van der Waals surface area contributed by atoms with E-state index in [-0.39, 0.29) is 18.6 Å². The number of amides is 2. The molecule has 2 amide bonds. The van der Waals surface area contributed by atoms with Gasteiger partial charge in [-0.2, -0.15) is 5.10 Å². The van der Waals surface area contributed by atoms with Crippen molar-refractivity contribution in [2.24, 2.45) is 16.7 Å². The summed E-state index contributed by atoms with van der Waals surface area (Å²) in [4.78, 5) is 23.1. The highest BCUT2D eigenvalue weighted by Crippen LogP contribution is 1.97. The lowest BCUT2D eigenvalue weighted by molar-refractivity contribution is -0.123. The second kappa shape index (κ2) is 19.7. The van der Waals surface area contributed by atoms with Crippen LogP contribution in [0.15, 0.2) is 5.10 Å². The van der Waals surface area contributed by atoms with E-state index in [0.29, 0.717) is 13.1 Å². The molecular weight excluding hydrogens is 362 g/mol. The lowest BCUT2D eigenvalue weighted by atomic mass is 10.2. The van der Waals surface area contributed by atoms with Gasteiger partial charge in [0.15, 0.2) is 6.61 Å². The van der Waals surface area contributed by atoms with Gasteiger partial charge in [0, 0.05) is 25.7 Å². The molecule has 0 aromatic rings. The molecule has 0 unspecified atom stereocenters. The highest BCUT2D eigenvalue weighted by atomic mass is 16.6. The summed E-state index contributed by atoms with van der Waals surface area (Å²) in [6.07, 6.45) is 7.65. The Hall–Kier alpha value is -2.07. The predicted molar refractivity (Wildman–Crippen MR) is 112 cm³/mol. The number of hydrogen-bond donors (Lipinski definition) is 6. The van der Waals surface area contributed by atoms with Crippen molar-refractivity contribution in [2.75, 3.05) is 39.3 Å². The minimum atomic E-state index is -0.561. The van der Waals surface area contributed by atoms with Gasteiger partial charge in [0.05, 0.1) is 0 Å². The van der Waals surface area contributed by atoms with Crippen molar-refractivity contribution in [3.05, 3.63) is 0 Å². The maximum absolute atomic E-state index is 11.6. The third kappa shape index (κ3) is 20.2. The zero-order valence-corrected chi connectivity index (χ0v) is 17.2. The minimum Gasteiger partial charge on any atom is -0.439 e. The highest BCUT2D eigenvalue weighted by molar-refractivity contribution is 5.79. The molecule has 0 aromatic carbocycles. The zero-order chi connectivity index (χ0) is 20.9. The van der Waals surface area contributed by atoms with Gasteiger partial charge >= 0.3 is 6.09 Å². The van der Waals surface area contributed by atoms with E-state index in [9.17, 15) is 9.59 Å². The molecule has 0 aliphatic heterocycles. The SMILES string of the molecule is C[C@H](N)CCNCCCCNC(=O)OCC(=O)NCCCCCCNC=NN. The van der Waals surface area contributed by atoms with Gasteiger partial charge in [0.2, 0.25) is 0 Å². The normalized spacial score (nSPS) is 11.9. The molecule has 1 atom stereocenters. The first-order valence-electron chi connectivity index (χ1n) is 10.1. The van der Waals surface area contributed by atoms with Crippen LogP contribution < -0.4 is 32.8 Å². The van der Waals surface area contributed by atoms with Crippen molar-refractivity contribution in [2.45, 2.75) is 57.9 Å². The largest absolute Gasteiger partial charge is 0.439 e. The number of nitrogens with two attached hydrogens (primary N) is 2. The van der Waals surface area contributed by atoms with Crippen molar-refractivity contribution in [1.82, 2.24) is 21.3 Å². The molecule has 0 rings (SSSR count). The van der Waals surface area contributed by atoms with Crippen molar-refractivity contribution in [3.63, 3.8) is 0 Å².